The number of carbonyl (C=O) groups excluding carboxylic acids is 1. The standard InChI is InChI=1S/C22H28O4S/c1-16(2)27(24,25)15-18-7-9-19(10-8-18)21(23)14-17-5-11-20(12-6-17)22-4-3-13-26-22/h3-6,11-13,16,18-19H,7-10,14-15H2,1-2H3. The van der Waals surface area contributed by atoms with E-state index in [4.69, 9.17) is 4.42 Å². The molecule has 3 rings (SSSR count). The number of benzene rings is 1. The van der Waals surface area contributed by atoms with Crippen molar-refractivity contribution in [3.05, 3.63) is 48.2 Å². The Balaban J connectivity index is 1.51. The van der Waals surface area contributed by atoms with E-state index in [1.807, 2.05) is 36.4 Å². The van der Waals surface area contributed by atoms with Crippen LogP contribution in [0.2, 0.25) is 0 Å². The topological polar surface area (TPSA) is 64.3 Å². The SMILES string of the molecule is CC(C)S(=O)(=O)CC1CCC(C(=O)Cc2ccc(-c3ccco3)cc2)CC1. The van der Waals surface area contributed by atoms with E-state index in [1.54, 1.807) is 20.1 Å². The molecule has 1 heterocycles. The molecule has 0 atom stereocenters. The summed E-state index contributed by atoms with van der Waals surface area (Å²) in [4.78, 5) is 12.6. The second kappa shape index (κ2) is 8.42. The maximum atomic E-state index is 12.6. The molecule has 0 saturated heterocycles. The van der Waals surface area contributed by atoms with Crippen LogP contribution in [0.1, 0.15) is 45.1 Å². The largest absolute Gasteiger partial charge is 0.464 e. The van der Waals surface area contributed by atoms with Crippen LogP contribution in [0, 0.1) is 11.8 Å². The summed E-state index contributed by atoms with van der Waals surface area (Å²) in [6.07, 6.45) is 5.37. The molecule has 0 N–H and O–H groups in total. The van der Waals surface area contributed by atoms with Crippen molar-refractivity contribution in [2.24, 2.45) is 11.8 Å². The van der Waals surface area contributed by atoms with Crippen LogP contribution in [0.3, 0.4) is 0 Å². The van der Waals surface area contributed by atoms with Crippen LogP contribution >= 0.6 is 0 Å². The number of hydrogen-bond acceptors (Lipinski definition) is 4. The zero-order valence-corrected chi connectivity index (χ0v) is 16.9. The first-order valence-electron chi connectivity index (χ1n) is 9.72. The van der Waals surface area contributed by atoms with Gasteiger partial charge in [-0.1, -0.05) is 24.3 Å². The van der Waals surface area contributed by atoms with Gasteiger partial charge in [-0.05, 0) is 63.1 Å². The minimum atomic E-state index is -3.00. The van der Waals surface area contributed by atoms with E-state index in [1.165, 1.54) is 0 Å². The first kappa shape index (κ1) is 19.9. The highest BCUT2D eigenvalue weighted by Crippen LogP contribution is 2.31. The van der Waals surface area contributed by atoms with Gasteiger partial charge in [-0.15, -0.1) is 0 Å². The molecule has 0 radical (unpaired) electrons. The number of hydrogen-bond donors (Lipinski definition) is 0. The summed E-state index contributed by atoms with van der Waals surface area (Å²) in [5, 5.41) is -0.319. The quantitative estimate of drug-likeness (QED) is 0.690. The molecule has 1 aliphatic carbocycles. The number of furan rings is 1. The summed E-state index contributed by atoms with van der Waals surface area (Å²) in [6, 6.07) is 11.7. The van der Waals surface area contributed by atoms with Crippen molar-refractivity contribution >= 4 is 15.6 Å². The molecule has 2 aromatic rings. The Labute approximate surface area is 161 Å². The van der Waals surface area contributed by atoms with Crippen LogP contribution in [0.4, 0.5) is 0 Å². The van der Waals surface area contributed by atoms with Gasteiger partial charge in [0, 0.05) is 17.9 Å². The van der Waals surface area contributed by atoms with Crippen molar-refractivity contribution in [3.63, 3.8) is 0 Å². The van der Waals surface area contributed by atoms with Gasteiger partial charge in [0.25, 0.3) is 0 Å². The molecule has 0 spiro atoms. The van der Waals surface area contributed by atoms with Crippen LogP contribution in [0.5, 0.6) is 0 Å². The fourth-order valence-electron chi connectivity index (χ4n) is 3.75. The molecular formula is C22H28O4S. The monoisotopic (exact) mass is 388 g/mol. The van der Waals surface area contributed by atoms with Gasteiger partial charge in [0.05, 0.1) is 17.3 Å². The molecule has 1 aromatic heterocycles. The summed E-state index contributed by atoms with van der Waals surface area (Å²) < 4.78 is 29.6. The normalized spacial score (nSPS) is 20.7. The minimum Gasteiger partial charge on any atom is -0.464 e. The Bertz CT molecular complexity index is 840. The lowest BCUT2D eigenvalue weighted by molar-refractivity contribution is -0.123. The van der Waals surface area contributed by atoms with Crippen LogP contribution in [0.25, 0.3) is 11.3 Å². The number of rotatable bonds is 7. The first-order valence-corrected chi connectivity index (χ1v) is 11.4. The molecule has 0 aliphatic heterocycles. The third kappa shape index (κ3) is 5.10. The molecule has 0 amide bonds. The minimum absolute atomic E-state index is 0.0627. The van der Waals surface area contributed by atoms with E-state index in [-0.39, 0.29) is 28.6 Å². The molecule has 146 valence electrons. The van der Waals surface area contributed by atoms with Gasteiger partial charge in [-0.3, -0.25) is 4.79 Å². The number of sulfone groups is 1. The van der Waals surface area contributed by atoms with Crippen LogP contribution in [-0.4, -0.2) is 25.2 Å². The number of Topliss-reactive ketones (excluding diaryl/α,β-unsaturated/α-hetero) is 1. The van der Waals surface area contributed by atoms with Crippen LogP contribution in [0.15, 0.2) is 47.1 Å². The van der Waals surface area contributed by atoms with Crippen LogP contribution < -0.4 is 0 Å². The molecule has 4 nitrogen and oxygen atoms in total. The Hall–Kier alpha value is -1.88. The maximum absolute atomic E-state index is 12.6. The molecule has 27 heavy (non-hydrogen) atoms. The fourth-order valence-corrected chi connectivity index (χ4v) is 5.12. The molecule has 1 saturated carbocycles. The lowest BCUT2D eigenvalue weighted by Crippen LogP contribution is -2.29. The van der Waals surface area contributed by atoms with Crippen molar-refractivity contribution in [1.29, 1.82) is 0 Å². The Kier molecular flexibility index (Phi) is 6.20. The smallest absolute Gasteiger partial charge is 0.152 e. The molecule has 0 unspecified atom stereocenters. The second-order valence-corrected chi connectivity index (χ2v) is 10.5. The summed E-state index contributed by atoms with van der Waals surface area (Å²) in [6.45, 7) is 3.48. The second-order valence-electron chi connectivity index (χ2n) is 7.91. The molecule has 1 fully saturated rings. The third-order valence-electron chi connectivity index (χ3n) is 5.63. The van der Waals surface area contributed by atoms with Crippen molar-refractivity contribution in [2.45, 2.75) is 51.2 Å². The molecule has 5 heteroatoms. The predicted molar refractivity (Wildman–Crippen MR) is 107 cm³/mol. The van der Waals surface area contributed by atoms with Gasteiger partial charge in [0.1, 0.15) is 11.5 Å². The summed E-state index contributed by atoms with van der Waals surface area (Å²) >= 11 is 0. The van der Waals surface area contributed by atoms with Crippen molar-refractivity contribution < 1.29 is 17.6 Å². The highest BCUT2D eigenvalue weighted by Gasteiger charge is 2.29. The molecule has 1 aromatic carbocycles. The maximum Gasteiger partial charge on any atom is 0.152 e. The Morgan fingerprint density at radius 2 is 1.74 bits per heavy atom. The van der Waals surface area contributed by atoms with Gasteiger partial charge in [0.15, 0.2) is 9.84 Å². The average molecular weight is 389 g/mol. The van der Waals surface area contributed by atoms with E-state index in [0.29, 0.717) is 6.42 Å². The lowest BCUT2D eigenvalue weighted by atomic mass is 9.79. The highest BCUT2D eigenvalue weighted by molar-refractivity contribution is 7.91. The zero-order valence-electron chi connectivity index (χ0n) is 16.1. The molecule has 1 aliphatic rings. The number of carbonyl (C=O) groups is 1. The Morgan fingerprint density at radius 3 is 2.30 bits per heavy atom. The number of ketones is 1. The van der Waals surface area contributed by atoms with Crippen molar-refractivity contribution in [3.8, 4) is 11.3 Å². The van der Waals surface area contributed by atoms with Gasteiger partial charge in [-0.2, -0.15) is 0 Å². The van der Waals surface area contributed by atoms with Crippen molar-refractivity contribution in [2.75, 3.05) is 5.75 Å². The predicted octanol–water partition coefficient (Wildman–Crippen LogP) is 4.69. The van der Waals surface area contributed by atoms with E-state index < -0.39 is 9.84 Å². The van der Waals surface area contributed by atoms with E-state index in [9.17, 15) is 13.2 Å². The van der Waals surface area contributed by atoms with Gasteiger partial charge in [0.2, 0.25) is 0 Å². The third-order valence-corrected chi connectivity index (χ3v) is 8.00. The summed E-state index contributed by atoms with van der Waals surface area (Å²) in [5.74, 6) is 1.62. The van der Waals surface area contributed by atoms with Crippen molar-refractivity contribution in [1.82, 2.24) is 0 Å². The Morgan fingerprint density at radius 1 is 1.07 bits per heavy atom. The van der Waals surface area contributed by atoms with E-state index >= 15 is 0 Å². The van der Waals surface area contributed by atoms with E-state index in [2.05, 4.69) is 0 Å². The van der Waals surface area contributed by atoms with Gasteiger partial charge < -0.3 is 4.42 Å². The van der Waals surface area contributed by atoms with Gasteiger partial charge in [-0.25, -0.2) is 8.42 Å². The fraction of sp³-hybridized carbons (Fsp3) is 0.500. The first-order chi connectivity index (χ1) is 12.8. The molecule has 0 bridgehead atoms. The zero-order chi connectivity index (χ0) is 19.4. The summed E-state index contributed by atoms with van der Waals surface area (Å²) in [7, 11) is -3.00. The van der Waals surface area contributed by atoms with Crippen LogP contribution in [-0.2, 0) is 21.1 Å². The average Bonchev–Trinajstić information content (AvgIpc) is 3.17. The molecular weight excluding hydrogens is 360 g/mol. The summed E-state index contributed by atoms with van der Waals surface area (Å²) in [5.41, 5.74) is 2.02. The highest BCUT2D eigenvalue weighted by atomic mass is 32.2. The van der Waals surface area contributed by atoms with Gasteiger partial charge >= 0.3 is 0 Å². The van der Waals surface area contributed by atoms with E-state index in [0.717, 1.165) is 42.6 Å². The lowest BCUT2D eigenvalue weighted by Gasteiger charge is -2.28.